The highest BCUT2D eigenvalue weighted by Gasteiger charge is 2.42. The zero-order valence-electron chi connectivity index (χ0n) is 23.3. The number of nitrogens with two attached hydrogens (primary N) is 1. The third kappa shape index (κ3) is 6.18. The van der Waals surface area contributed by atoms with Crippen molar-refractivity contribution in [2.75, 3.05) is 16.8 Å². The van der Waals surface area contributed by atoms with Gasteiger partial charge >= 0.3 is 6.18 Å². The van der Waals surface area contributed by atoms with Crippen molar-refractivity contribution in [3.8, 4) is 0 Å². The Morgan fingerprint density at radius 3 is 2.49 bits per heavy atom. The van der Waals surface area contributed by atoms with Gasteiger partial charge in [-0.1, -0.05) is 6.92 Å². The number of primary amides is 1. The Labute approximate surface area is 237 Å². The van der Waals surface area contributed by atoms with Gasteiger partial charge in [0, 0.05) is 47.6 Å². The third-order valence-corrected chi connectivity index (χ3v) is 8.65. The van der Waals surface area contributed by atoms with Crippen LogP contribution in [0.1, 0.15) is 88.5 Å². The molecule has 4 N–H and O–H groups in total. The number of rotatable bonds is 9. The van der Waals surface area contributed by atoms with Crippen molar-refractivity contribution in [3.63, 3.8) is 0 Å². The minimum atomic E-state index is -4.54. The third-order valence-electron chi connectivity index (χ3n) is 8.65. The first-order valence-electron chi connectivity index (χ1n) is 14.3. The highest BCUT2D eigenvalue weighted by atomic mass is 19.4. The van der Waals surface area contributed by atoms with Crippen molar-refractivity contribution in [1.29, 1.82) is 0 Å². The van der Waals surface area contributed by atoms with Gasteiger partial charge in [-0.3, -0.25) is 14.4 Å². The summed E-state index contributed by atoms with van der Waals surface area (Å²) in [6.07, 6.45) is 2.27. The number of pyridine rings is 1. The number of Topliss-reactive ketones (excluding diaryl/α,β-unsaturated/α-hetero) is 1. The van der Waals surface area contributed by atoms with Crippen LogP contribution in [0.2, 0.25) is 0 Å². The minimum Gasteiger partial charge on any atom is -0.373 e. The predicted octanol–water partition coefficient (Wildman–Crippen LogP) is 5.01. The molecule has 4 unspecified atom stereocenters. The number of anilines is 2. The smallest absolute Gasteiger partial charge is 0.373 e. The van der Waals surface area contributed by atoms with Crippen molar-refractivity contribution in [2.45, 2.75) is 83.1 Å². The number of aromatic nitrogens is 1. The molecule has 2 amide bonds. The van der Waals surface area contributed by atoms with E-state index in [1.807, 2.05) is 12.1 Å². The van der Waals surface area contributed by atoms with Gasteiger partial charge in [0.2, 0.25) is 0 Å². The summed E-state index contributed by atoms with van der Waals surface area (Å²) in [4.78, 5) is 44.7. The lowest BCUT2D eigenvalue weighted by Gasteiger charge is -2.38. The molecule has 41 heavy (non-hydrogen) atoms. The Hall–Kier alpha value is -3.63. The molecule has 1 aliphatic heterocycles. The van der Waals surface area contributed by atoms with E-state index in [-0.39, 0.29) is 47.0 Å². The number of nitrogens with one attached hydrogen (secondary N) is 2. The Bertz CT molecular complexity index is 1330. The van der Waals surface area contributed by atoms with Crippen molar-refractivity contribution < 1.29 is 27.6 Å². The number of piperidine rings is 1. The number of carbonyl (C=O) groups excluding carboxylic acids is 3. The van der Waals surface area contributed by atoms with Crippen LogP contribution in [0.15, 0.2) is 30.5 Å². The van der Waals surface area contributed by atoms with Crippen molar-refractivity contribution in [1.82, 2.24) is 10.3 Å². The molecule has 2 heterocycles. The van der Waals surface area contributed by atoms with Crippen LogP contribution < -0.4 is 21.3 Å². The normalized spacial score (nSPS) is 23.0. The lowest BCUT2D eigenvalue weighted by Crippen LogP contribution is -2.43. The van der Waals surface area contributed by atoms with Gasteiger partial charge in [0.05, 0.1) is 5.56 Å². The van der Waals surface area contributed by atoms with E-state index in [1.54, 1.807) is 13.1 Å². The lowest BCUT2D eigenvalue weighted by atomic mass is 9.92. The largest absolute Gasteiger partial charge is 0.408 e. The fraction of sp³-hybridized carbons (Fsp3) is 0.533. The van der Waals surface area contributed by atoms with Gasteiger partial charge < -0.3 is 21.3 Å². The number of benzene rings is 1. The Balaban J connectivity index is 1.30. The molecule has 0 bridgehead atoms. The van der Waals surface area contributed by atoms with Crippen LogP contribution in [-0.4, -0.2) is 53.4 Å². The van der Waals surface area contributed by atoms with E-state index in [2.05, 4.69) is 20.5 Å². The molecule has 0 spiro atoms. The maximum absolute atomic E-state index is 13.5. The summed E-state index contributed by atoms with van der Waals surface area (Å²) in [5.74, 6) is 0.196. The van der Waals surface area contributed by atoms with E-state index in [1.165, 1.54) is 19.1 Å². The van der Waals surface area contributed by atoms with Gasteiger partial charge in [0.1, 0.15) is 11.9 Å². The summed E-state index contributed by atoms with van der Waals surface area (Å²) in [5.41, 5.74) is 6.53. The second-order valence-electron chi connectivity index (χ2n) is 11.6. The maximum Gasteiger partial charge on any atom is 0.408 e. The van der Waals surface area contributed by atoms with Crippen LogP contribution in [0.25, 0.3) is 0 Å². The van der Waals surface area contributed by atoms with Crippen molar-refractivity contribution in [2.24, 2.45) is 17.6 Å². The minimum absolute atomic E-state index is 0.0957. The molecular weight excluding hydrogens is 535 g/mol. The first kappa shape index (κ1) is 28.9. The highest BCUT2D eigenvalue weighted by molar-refractivity contribution is 6.03. The number of carbonyl (C=O) groups is 3. The number of hydrogen-bond acceptors (Lipinski definition) is 6. The second-order valence-corrected chi connectivity index (χ2v) is 11.6. The van der Waals surface area contributed by atoms with E-state index in [9.17, 15) is 27.6 Å². The molecule has 2 aromatic rings. The molecule has 1 saturated heterocycles. The van der Waals surface area contributed by atoms with Crippen LogP contribution >= 0.6 is 0 Å². The summed E-state index contributed by atoms with van der Waals surface area (Å²) >= 11 is 0. The van der Waals surface area contributed by atoms with Crippen LogP contribution in [0.3, 0.4) is 0 Å². The molecule has 5 rings (SSSR count). The summed E-state index contributed by atoms with van der Waals surface area (Å²) in [5, 5.41) is 5.46. The van der Waals surface area contributed by atoms with Gasteiger partial charge in [0.25, 0.3) is 11.8 Å². The van der Waals surface area contributed by atoms with Gasteiger partial charge in [0.15, 0.2) is 5.78 Å². The number of nitrogens with zero attached hydrogens (tertiary/aromatic N) is 2. The number of halogens is 3. The van der Waals surface area contributed by atoms with Gasteiger partial charge in [-0.05, 0) is 87.6 Å². The molecule has 220 valence electrons. The zero-order chi connectivity index (χ0) is 29.5. The Morgan fingerprint density at radius 2 is 1.88 bits per heavy atom. The fourth-order valence-corrected chi connectivity index (χ4v) is 6.31. The van der Waals surface area contributed by atoms with E-state index in [0.29, 0.717) is 23.5 Å². The zero-order valence-corrected chi connectivity index (χ0v) is 23.3. The summed E-state index contributed by atoms with van der Waals surface area (Å²) in [6, 6.07) is 4.58. The number of hydrogen-bond donors (Lipinski definition) is 3. The lowest BCUT2D eigenvalue weighted by molar-refractivity contribution is -0.142. The van der Waals surface area contributed by atoms with Crippen LogP contribution in [0, 0.1) is 18.8 Å². The molecule has 1 aromatic carbocycles. The first-order valence-corrected chi connectivity index (χ1v) is 14.3. The summed E-state index contributed by atoms with van der Waals surface area (Å²) in [7, 11) is 0. The van der Waals surface area contributed by atoms with Gasteiger partial charge in [-0.15, -0.1) is 0 Å². The monoisotopic (exact) mass is 571 g/mol. The number of alkyl halides is 3. The van der Waals surface area contributed by atoms with Gasteiger partial charge in [-0.25, -0.2) is 4.98 Å². The maximum atomic E-state index is 13.5. The number of fused-ring (bicyclic) bond motifs is 1. The molecule has 11 heteroatoms. The summed E-state index contributed by atoms with van der Waals surface area (Å²) < 4.78 is 40.4. The average molecular weight is 572 g/mol. The quantitative estimate of drug-likeness (QED) is 0.364. The Morgan fingerprint density at radius 1 is 1.12 bits per heavy atom. The molecular formula is C30H36F3N5O3. The number of ketones is 1. The van der Waals surface area contributed by atoms with E-state index in [4.69, 9.17) is 5.73 Å². The highest BCUT2D eigenvalue weighted by Crippen LogP contribution is 2.39. The number of amides is 2. The van der Waals surface area contributed by atoms with Crippen LogP contribution in [-0.2, 0) is 0 Å². The van der Waals surface area contributed by atoms with Crippen LogP contribution in [0.4, 0.5) is 24.7 Å². The van der Waals surface area contributed by atoms with Crippen molar-refractivity contribution >= 4 is 29.1 Å². The summed E-state index contributed by atoms with van der Waals surface area (Å²) in [6.45, 7) is 3.86. The van der Waals surface area contributed by atoms with E-state index >= 15 is 0 Å². The van der Waals surface area contributed by atoms with Crippen LogP contribution in [0.5, 0.6) is 0 Å². The van der Waals surface area contributed by atoms with E-state index < -0.39 is 24.0 Å². The second kappa shape index (κ2) is 11.3. The molecule has 2 saturated carbocycles. The first-order chi connectivity index (χ1) is 19.5. The molecule has 4 atom stereocenters. The molecule has 1 aromatic heterocycles. The molecule has 2 aliphatic carbocycles. The van der Waals surface area contributed by atoms with E-state index in [0.717, 1.165) is 44.5 Å². The predicted molar refractivity (Wildman–Crippen MR) is 149 cm³/mol. The fourth-order valence-electron chi connectivity index (χ4n) is 6.31. The standard InChI is InChI=1S/C30H36F3N5O3/c1-3-25(30(31,32)33)37-23-14-21(16(2)11-22(23)28(34)40)29(41)36-20-12-18-5-4-10-38(24(18)13-20)26-9-8-19(15-35-26)27(39)17-6-7-17/h8-9,11,14-15,17-18,20,24-25,37H,3-7,10,12-13H2,1-2H3,(H2,34,40)(H,36,41). The molecule has 3 fully saturated rings. The topological polar surface area (TPSA) is 117 Å². The average Bonchev–Trinajstić information content (AvgIpc) is 3.70. The molecule has 8 nitrogen and oxygen atoms in total. The molecule has 0 radical (unpaired) electrons. The molecule has 3 aliphatic rings. The SMILES string of the molecule is CCC(Nc1cc(C(=O)NC2CC3CCCN(c4ccc(C(=O)C5CC5)cn4)C3C2)c(C)cc1C(N)=O)C(F)(F)F. The van der Waals surface area contributed by atoms with Crippen molar-refractivity contribution in [3.05, 3.63) is 52.7 Å². The number of aryl methyl sites for hydroxylation is 1. The Kier molecular flexibility index (Phi) is 7.98. The van der Waals surface area contributed by atoms with Gasteiger partial charge in [-0.2, -0.15) is 13.2 Å².